The molecule has 1 fully saturated rings. The fourth-order valence-corrected chi connectivity index (χ4v) is 2.23. The summed E-state index contributed by atoms with van der Waals surface area (Å²) in [4.78, 5) is 2.37. The fourth-order valence-electron chi connectivity index (χ4n) is 2.23. The monoisotopic (exact) mass is 180 g/mol. The topological polar surface area (TPSA) is 27.0 Å². The summed E-state index contributed by atoms with van der Waals surface area (Å²) in [6, 6.07) is 2.53. The summed E-state index contributed by atoms with van der Waals surface area (Å²) < 4.78 is 0. The normalized spacial score (nSPS) is 20.5. The molecule has 74 valence electrons. The maximum absolute atomic E-state index is 9.18. The number of rotatable bonds is 4. The van der Waals surface area contributed by atoms with E-state index < -0.39 is 0 Å². The molecule has 0 radical (unpaired) electrons. The molecule has 0 unspecified atom stereocenters. The van der Waals surface area contributed by atoms with Gasteiger partial charge in [-0.3, -0.25) is 0 Å². The van der Waals surface area contributed by atoms with Crippen molar-refractivity contribution in [3.05, 3.63) is 0 Å². The van der Waals surface area contributed by atoms with Crippen molar-refractivity contribution in [1.82, 2.24) is 4.90 Å². The maximum atomic E-state index is 9.18. The summed E-state index contributed by atoms with van der Waals surface area (Å²) in [5.41, 5.74) is -0.00792. The van der Waals surface area contributed by atoms with Gasteiger partial charge < -0.3 is 4.90 Å². The van der Waals surface area contributed by atoms with Gasteiger partial charge >= 0.3 is 0 Å². The van der Waals surface area contributed by atoms with Crippen LogP contribution < -0.4 is 0 Å². The number of hydrogen-bond acceptors (Lipinski definition) is 2. The Kier molecular flexibility index (Phi) is 3.74. The van der Waals surface area contributed by atoms with Crippen molar-refractivity contribution < 1.29 is 0 Å². The molecule has 0 amide bonds. The van der Waals surface area contributed by atoms with E-state index in [9.17, 15) is 5.26 Å². The molecule has 0 bridgehead atoms. The minimum Gasteiger partial charge on any atom is -0.302 e. The summed E-state index contributed by atoms with van der Waals surface area (Å²) in [6.07, 6.45) is 4.71. The highest BCUT2D eigenvalue weighted by molar-refractivity contribution is 5.03. The summed E-state index contributed by atoms with van der Waals surface area (Å²) in [7, 11) is 0. The van der Waals surface area contributed by atoms with E-state index in [-0.39, 0.29) is 5.41 Å². The zero-order valence-corrected chi connectivity index (χ0v) is 8.84. The molecule has 13 heavy (non-hydrogen) atoms. The van der Waals surface area contributed by atoms with Crippen LogP contribution in [0, 0.1) is 16.7 Å². The summed E-state index contributed by atoms with van der Waals surface area (Å²) in [6.45, 7) is 7.46. The SMILES string of the molecule is CCN(CC)CC1(C#N)CCCC1. The quantitative estimate of drug-likeness (QED) is 0.664. The maximum Gasteiger partial charge on any atom is 0.0703 e. The van der Waals surface area contributed by atoms with Crippen LogP contribution in [0.3, 0.4) is 0 Å². The van der Waals surface area contributed by atoms with E-state index in [4.69, 9.17) is 0 Å². The highest BCUT2D eigenvalue weighted by Crippen LogP contribution is 2.37. The number of nitriles is 1. The third-order valence-corrected chi connectivity index (χ3v) is 3.22. The van der Waals surface area contributed by atoms with Gasteiger partial charge in [-0.1, -0.05) is 26.7 Å². The Morgan fingerprint density at radius 3 is 2.15 bits per heavy atom. The molecular weight excluding hydrogens is 160 g/mol. The van der Waals surface area contributed by atoms with Gasteiger partial charge in [0.05, 0.1) is 11.5 Å². The summed E-state index contributed by atoms with van der Waals surface area (Å²) in [5.74, 6) is 0. The van der Waals surface area contributed by atoms with Crippen molar-refractivity contribution in [3.8, 4) is 6.07 Å². The van der Waals surface area contributed by atoms with Crippen LogP contribution in [0.1, 0.15) is 39.5 Å². The largest absolute Gasteiger partial charge is 0.302 e. The standard InChI is InChI=1S/C11H20N2/c1-3-13(4-2)10-11(9-12)7-5-6-8-11/h3-8,10H2,1-2H3. The van der Waals surface area contributed by atoms with Gasteiger partial charge in [-0.2, -0.15) is 5.26 Å². The average molecular weight is 180 g/mol. The van der Waals surface area contributed by atoms with Crippen molar-refractivity contribution in [3.63, 3.8) is 0 Å². The first kappa shape index (κ1) is 10.5. The lowest BCUT2D eigenvalue weighted by atomic mass is 9.87. The molecule has 1 rings (SSSR count). The van der Waals surface area contributed by atoms with Gasteiger partial charge in [0.15, 0.2) is 0 Å². The Hall–Kier alpha value is -0.550. The lowest BCUT2D eigenvalue weighted by Crippen LogP contribution is -2.35. The Balaban J connectivity index is 2.53. The Bertz CT molecular complexity index is 183. The molecule has 0 saturated heterocycles. The second-order valence-electron chi connectivity index (χ2n) is 4.06. The van der Waals surface area contributed by atoms with E-state index in [1.807, 2.05) is 0 Å². The average Bonchev–Trinajstić information content (AvgIpc) is 2.63. The van der Waals surface area contributed by atoms with E-state index >= 15 is 0 Å². The Labute approximate surface area is 81.5 Å². The lowest BCUT2D eigenvalue weighted by Gasteiger charge is -2.28. The molecule has 0 aromatic rings. The third kappa shape index (κ3) is 2.45. The molecule has 0 spiro atoms. The zero-order chi connectivity index (χ0) is 9.73. The minimum absolute atomic E-state index is 0.00792. The van der Waals surface area contributed by atoms with Crippen LogP contribution in [0.4, 0.5) is 0 Å². The van der Waals surface area contributed by atoms with Crippen molar-refractivity contribution in [2.24, 2.45) is 5.41 Å². The van der Waals surface area contributed by atoms with Crippen molar-refractivity contribution >= 4 is 0 Å². The highest BCUT2D eigenvalue weighted by Gasteiger charge is 2.34. The van der Waals surface area contributed by atoms with Crippen LogP contribution in [-0.4, -0.2) is 24.5 Å². The van der Waals surface area contributed by atoms with Crippen LogP contribution in [-0.2, 0) is 0 Å². The Morgan fingerprint density at radius 1 is 1.23 bits per heavy atom. The second kappa shape index (κ2) is 4.62. The summed E-state index contributed by atoms with van der Waals surface area (Å²) >= 11 is 0. The van der Waals surface area contributed by atoms with Gasteiger partial charge in [-0.15, -0.1) is 0 Å². The molecule has 0 N–H and O–H groups in total. The van der Waals surface area contributed by atoms with Crippen LogP contribution in [0.5, 0.6) is 0 Å². The third-order valence-electron chi connectivity index (χ3n) is 3.22. The first-order valence-electron chi connectivity index (χ1n) is 5.40. The molecule has 0 aliphatic heterocycles. The number of hydrogen-bond donors (Lipinski definition) is 0. The predicted molar refractivity (Wildman–Crippen MR) is 54.3 cm³/mol. The summed E-state index contributed by atoms with van der Waals surface area (Å²) in [5, 5.41) is 9.18. The van der Waals surface area contributed by atoms with E-state index in [0.29, 0.717) is 0 Å². The molecule has 1 saturated carbocycles. The van der Waals surface area contributed by atoms with Gasteiger partial charge in [-0.05, 0) is 25.9 Å². The van der Waals surface area contributed by atoms with Crippen LogP contribution in [0.2, 0.25) is 0 Å². The van der Waals surface area contributed by atoms with Crippen molar-refractivity contribution in [1.29, 1.82) is 5.26 Å². The zero-order valence-electron chi connectivity index (χ0n) is 8.84. The van der Waals surface area contributed by atoms with E-state index in [1.165, 1.54) is 12.8 Å². The lowest BCUT2D eigenvalue weighted by molar-refractivity contribution is 0.210. The fraction of sp³-hybridized carbons (Fsp3) is 0.909. The van der Waals surface area contributed by atoms with Gasteiger partial charge in [0.25, 0.3) is 0 Å². The predicted octanol–water partition coefficient (Wildman–Crippen LogP) is 2.41. The van der Waals surface area contributed by atoms with Crippen LogP contribution >= 0.6 is 0 Å². The van der Waals surface area contributed by atoms with Crippen molar-refractivity contribution in [2.45, 2.75) is 39.5 Å². The minimum atomic E-state index is -0.00792. The van der Waals surface area contributed by atoms with Crippen LogP contribution in [0.15, 0.2) is 0 Å². The molecule has 2 heteroatoms. The molecule has 0 aromatic carbocycles. The molecule has 0 atom stereocenters. The van der Waals surface area contributed by atoms with Gasteiger partial charge in [0.2, 0.25) is 0 Å². The molecule has 1 aliphatic carbocycles. The Morgan fingerprint density at radius 2 is 1.77 bits per heavy atom. The molecule has 2 nitrogen and oxygen atoms in total. The molecular formula is C11H20N2. The highest BCUT2D eigenvalue weighted by atomic mass is 15.1. The van der Waals surface area contributed by atoms with Gasteiger partial charge in [0.1, 0.15) is 0 Å². The first-order chi connectivity index (χ1) is 6.26. The van der Waals surface area contributed by atoms with Gasteiger partial charge in [0, 0.05) is 6.54 Å². The van der Waals surface area contributed by atoms with Crippen molar-refractivity contribution in [2.75, 3.05) is 19.6 Å². The van der Waals surface area contributed by atoms with E-state index in [2.05, 4.69) is 24.8 Å². The second-order valence-corrected chi connectivity index (χ2v) is 4.06. The number of nitrogens with zero attached hydrogens (tertiary/aromatic N) is 2. The van der Waals surface area contributed by atoms with Crippen LogP contribution in [0.25, 0.3) is 0 Å². The van der Waals surface area contributed by atoms with Gasteiger partial charge in [-0.25, -0.2) is 0 Å². The van der Waals surface area contributed by atoms with E-state index in [0.717, 1.165) is 32.5 Å². The molecule has 0 aromatic heterocycles. The molecule has 0 heterocycles. The smallest absolute Gasteiger partial charge is 0.0703 e. The first-order valence-corrected chi connectivity index (χ1v) is 5.40. The van der Waals surface area contributed by atoms with E-state index in [1.54, 1.807) is 0 Å². The molecule has 1 aliphatic rings.